The van der Waals surface area contributed by atoms with Gasteiger partial charge in [0.25, 0.3) is 11.8 Å². The van der Waals surface area contributed by atoms with Crippen molar-refractivity contribution in [3.05, 3.63) is 70.0 Å². The maximum atomic E-state index is 13.4. The summed E-state index contributed by atoms with van der Waals surface area (Å²) in [5.74, 6) is -0.166. The van der Waals surface area contributed by atoms with E-state index in [0.29, 0.717) is 27.1 Å². The number of ether oxygens (including phenoxy) is 2. The third-order valence-electron chi connectivity index (χ3n) is 6.33. The number of carbonyl (C=O) groups is 2. The SMILES string of the molecule is COc1cc(C=NN2C(=O)[C@@H]3[C@H](C2=O)[C@H]2C=C[C@H]3C2)c(Br)cc1OCc1cccc(F)c1. The minimum atomic E-state index is -0.329. The van der Waals surface area contributed by atoms with Crippen LogP contribution >= 0.6 is 15.9 Å². The second-order valence-electron chi connectivity index (χ2n) is 8.18. The van der Waals surface area contributed by atoms with E-state index in [1.807, 2.05) is 12.2 Å². The normalized spacial score (nSPS) is 25.8. The van der Waals surface area contributed by atoms with E-state index < -0.39 is 0 Å². The molecule has 2 amide bonds. The minimum Gasteiger partial charge on any atom is -0.493 e. The van der Waals surface area contributed by atoms with E-state index >= 15 is 0 Å². The van der Waals surface area contributed by atoms with E-state index in [1.165, 1.54) is 25.5 Å². The Hall–Kier alpha value is -3.00. The first-order chi connectivity index (χ1) is 15.5. The predicted molar refractivity (Wildman–Crippen MR) is 119 cm³/mol. The van der Waals surface area contributed by atoms with E-state index in [4.69, 9.17) is 9.47 Å². The van der Waals surface area contributed by atoms with Crippen LogP contribution in [0.1, 0.15) is 17.5 Å². The van der Waals surface area contributed by atoms with Gasteiger partial charge < -0.3 is 9.47 Å². The van der Waals surface area contributed by atoms with Gasteiger partial charge >= 0.3 is 0 Å². The smallest absolute Gasteiger partial charge is 0.254 e. The van der Waals surface area contributed by atoms with Crippen molar-refractivity contribution in [2.24, 2.45) is 28.8 Å². The average molecular weight is 499 g/mol. The predicted octanol–water partition coefficient (Wildman–Crippen LogP) is 4.32. The zero-order valence-electron chi connectivity index (χ0n) is 17.2. The van der Waals surface area contributed by atoms with Crippen LogP contribution in [-0.2, 0) is 16.2 Å². The van der Waals surface area contributed by atoms with E-state index in [-0.39, 0.29) is 47.9 Å². The van der Waals surface area contributed by atoms with Gasteiger partial charge in [-0.05, 0) is 64.0 Å². The molecule has 2 aliphatic carbocycles. The van der Waals surface area contributed by atoms with Gasteiger partial charge in [-0.3, -0.25) is 9.59 Å². The van der Waals surface area contributed by atoms with Gasteiger partial charge in [0.1, 0.15) is 12.4 Å². The van der Waals surface area contributed by atoms with Gasteiger partial charge in [-0.15, -0.1) is 0 Å². The second-order valence-corrected chi connectivity index (χ2v) is 9.03. The summed E-state index contributed by atoms with van der Waals surface area (Å²) in [5, 5.41) is 5.23. The van der Waals surface area contributed by atoms with Crippen LogP contribution in [0.3, 0.4) is 0 Å². The Morgan fingerprint density at radius 2 is 1.84 bits per heavy atom. The number of hydrogen-bond donors (Lipinski definition) is 0. The van der Waals surface area contributed by atoms with Crippen LogP contribution < -0.4 is 9.47 Å². The molecule has 2 aromatic rings. The molecule has 4 atom stereocenters. The number of rotatable bonds is 6. The molecule has 0 aromatic heterocycles. The molecule has 1 heterocycles. The Labute approximate surface area is 192 Å². The molecule has 1 aliphatic heterocycles. The largest absolute Gasteiger partial charge is 0.493 e. The first kappa shape index (κ1) is 20.9. The summed E-state index contributed by atoms with van der Waals surface area (Å²) in [6.45, 7) is 0.171. The van der Waals surface area contributed by atoms with E-state index in [2.05, 4.69) is 21.0 Å². The molecule has 1 saturated carbocycles. The molecule has 5 rings (SSSR count). The van der Waals surface area contributed by atoms with Crippen molar-refractivity contribution >= 4 is 34.0 Å². The Bertz CT molecular complexity index is 1130. The van der Waals surface area contributed by atoms with Crippen LogP contribution in [0.5, 0.6) is 11.5 Å². The summed E-state index contributed by atoms with van der Waals surface area (Å²) >= 11 is 3.48. The molecule has 6 nitrogen and oxygen atoms in total. The zero-order chi connectivity index (χ0) is 22.4. The van der Waals surface area contributed by atoms with Gasteiger partial charge in [0.15, 0.2) is 11.5 Å². The Kier molecular flexibility index (Phi) is 5.33. The van der Waals surface area contributed by atoms with Crippen LogP contribution in [0, 0.1) is 29.5 Å². The fraction of sp³-hybridized carbons (Fsp3) is 0.292. The number of nitrogens with zero attached hydrogens (tertiary/aromatic N) is 2. The molecule has 164 valence electrons. The molecular formula is C24H20BrFN2O4. The number of benzene rings is 2. The molecule has 2 bridgehead atoms. The Balaban J connectivity index is 1.34. The van der Waals surface area contributed by atoms with E-state index in [0.717, 1.165) is 11.4 Å². The van der Waals surface area contributed by atoms with Crippen LogP contribution in [-0.4, -0.2) is 30.1 Å². The molecule has 0 radical (unpaired) electrons. The first-order valence-corrected chi connectivity index (χ1v) is 11.1. The fourth-order valence-electron chi connectivity index (χ4n) is 4.83. The van der Waals surface area contributed by atoms with Crippen LogP contribution in [0.25, 0.3) is 0 Å². The molecule has 1 saturated heterocycles. The molecular weight excluding hydrogens is 479 g/mol. The van der Waals surface area contributed by atoms with Gasteiger partial charge in [0.05, 0.1) is 25.2 Å². The van der Waals surface area contributed by atoms with E-state index in [9.17, 15) is 14.0 Å². The van der Waals surface area contributed by atoms with Gasteiger partial charge in [0, 0.05) is 10.0 Å². The van der Waals surface area contributed by atoms with Gasteiger partial charge in [-0.25, -0.2) is 4.39 Å². The van der Waals surface area contributed by atoms with Crippen molar-refractivity contribution in [3.8, 4) is 11.5 Å². The van der Waals surface area contributed by atoms with Crippen molar-refractivity contribution in [1.82, 2.24) is 5.01 Å². The number of amides is 2. The van der Waals surface area contributed by atoms with Gasteiger partial charge in [0.2, 0.25) is 0 Å². The lowest BCUT2D eigenvalue weighted by molar-refractivity contribution is -0.140. The summed E-state index contributed by atoms with van der Waals surface area (Å²) < 4.78 is 25.3. The van der Waals surface area contributed by atoms with Crippen molar-refractivity contribution in [2.75, 3.05) is 7.11 Å². The quantitative estimate of drug-likeness (QED) is 0.338. The first-order valence-electron chi connectivity index (χ1n) is 10.3. The second kappa shape index (κ2) is 8.16. The summed E-state index contributed by atoms with van der Waals surface area (Å²) in [5.41, 5.74) is 1.31. The van der Waals surface area contributed by atoms with Gasteiger partial charge in [-0.1, -0.05) is 24.3 Å². The summed E-state index contributed by atoms with van der Waals surface area (Å²) in [6, 6.07) is 9.59. The minimum absolute atomic E-state index is 0.142. The lowest BCUT2D eigenvalue weighted by Crippen LogP contribution is -2.28. The number of hydrazone groups is 1. The van der Waals surface area contributed by atoms with Crippen molar-refractivity contribution in [2.45, 2.75) is 13.0 Å². The monoisotopic (exact) mass is 498 g/mol. The highest BCUT2D eigenvalue weighted by atomic mass is 79.9. The third-order valence-corrected chi connectivity index (χ3v) is 7.01. The summed E-state index contributed by atoms with van der Waals surface area (Å²) in [4.78, 5) is 25.6. The van der Waals surface area contributed by atoms with Crippen LogP contribution in [0.2, 0.25) is 0 Å². The third kappa shape index (κ3) is 3.52. The zero-order valence-corrected chi connectivity index (χ0v) is 18.8. The highest BCUT2D eigenvalue weighted by molar-refractivity contribution is 9.10. The lowest BCUT2D eigenvalue weighted by Gasteiger charge is -2.14. The Morgan fingerprint density at radius 3 is 2.50 bits per heavy atom. The molecule has 2 aromatic carbocycles. The molecule has 2 fully saturated rings. The van der Waals surface area contributed by atoms with Crippen molar-refractivity contribution in [3.63, 3.8) is 0 Å². The number of hydrogen-bond acceptors (Lipinski definition) is 5. The van der Waals surface area contributed by atoms with Crippen molar-refractivity contribution < 1.29 is 23.5 Å². The maximum absolute atomic E-state index is 13.4. The number of imide groups is 1. The number of allylic oxidation sites excluding steroid dienone is 2. The highest BCUT2D eigenvalue weighted by Gasteiger charge is 2.59. The lowest BCUT2D eigenvalue weighted by atomic mass is 9.85. The number of methoxy groups -OCH3 is 1. The molecule has 8 heteroatoms. The highest BCUT2D eigenvalue weighted by Crippen LogP contribution is 2.52. The maximum Gasteiger partial charge on any atom is 0.254 e. The molecule has 0 spiro atoms. The summed E-state index contributed by atoms with van der Waals surface area (Å²) in [6.07, 6.45) is 6.45. The number of fused-ring (bicyclic) bond motifs is 5. The number of halogens is 2. The van der Waals surface area contributed by atoms with Crippen LogP contribution in [0.15, 0.2) is 58.1 Å². The van der Waals surface area contributed by atoms with E-state index in [1.54, 1.807) is 24.3 Å². The Morgan fingerprint density at radius 1 is 1.12 bits per heavy atom. The fourth-order valence-corrected chi connectivity index (χ4v) is 5.26. The molecule has 0 N–H and O–H groups in total. The standard InChI is InChI=1S/C24H20BrFN2O4/c1-31-19-9-16(18(25)10-20(19)32-12-13-3-2-4-17(26)7-13)11-27-28-23(29)21-14-5-6-15(8-14)22(21)24(28)30/h2-7,9-11,14-15,21-22H,8,12H2,1H3/t14-,15-,21-,22+/m0/s1. The van der Waals surface area contributed by atoms with Crippen LogP contribution in [0.4, 0.5) is 4.39 Å². The molecule has 32 heavy (non-hydrogen) atoms. The number of carbonyl (C=O) groups excluding carboxylic acids is 2. The molecule has 3 aliphatic rings. The average Bonchev–Trinajstić information content (AvgIpc) is 3.46. The van der Waals surface area contributed by atoms with Crippen molar-refractivity contribution in [1.29, 1.82) is 0 Å². The topological polar surface area (TPSA) is 68.2 Å². The molecule has 0 unspecified atom stereocenters. The van der Waals surface area contributed by atoms with Gasteiger partial charge in [-0.2, -0.15) is 10.1 Å². The summed E-state index contributed by atoms with van der Waals surface area (Å²) in [7, 11) is 1.51.